The minimum atomic E-state index is -0.492. The Hall–Kier alpha value is -1.88. The molecule has 1 aromatic rings. The first-order chi connectivity index (χ1) is 10.4. The van der Waals surface area contributed by atoms with Crippen LogP contribution in [-0.4, -0.2) is 34.5 Å². The molecule has 1 aromatic carbocycles. The van der Waals surface area contributed by atoms with Crippen LogP contribution in [0.2, 0.25) is 0 Å². The maximum absolute atomic E-state index is 12.3. The van der Waals surface area contributed by atoms with Gasteiger partial charge < -0.3 is 4.90 Å². The van der Waals surface area contributed by atoms with Crippen molar-refractivity contribution in [1.29, 1.82) is 0 Å². The van der Waals surface area contributed by atoms with Gasteiger partial charge in [-0.1, -0.05) is 6.07 Å². The van der Waals surface area contributed by atoms with E-state index in [0.29, 0.717) is 12.0 Å². The first-order valence-corrected chi connectivity index (χ1v) is 7.80. The summed E-state index contributed by atoms with van der Waals surface area (Å²) in [4.78, 5) is 25.8. The molecule has 1 fully saturated rings. The molecule has 1 aliphatic carbocycles. The van der Waals surface area contributed by atoms with Crippen LogP contribution in [-0.2, 0) is 17.6 Å². The maximum atomic E-state index is 12.3. The van der Waals surface area contributed by atoms with Crippen molar-refractivity contribution in [3.05, 3.63) is 34.9 Å². The van der Waals surface area contributed by atoms with Crippen LogP contribution in [0.5, 0.6) is 0 Å². The highest BCUT2D eigenvalue weighted by Crippen LogP contribution is 2.43. The lowest BCUT2D eigenvalue weighted by molar-refractivity contribution is -0.129. The zero-order valence-electron chi connectivity index (χ0n) is 13.1. The Morgan fingerprint density at radius 2 is 2.09 bits per heavy atom. The molecule has 22 heavy (non-hydrogen) atoms. The lowest BCUT2D eigenvalue weighted by atomic mass is 9.70. The third-order valence-corrected chi connectivity index (χ3v) is 5.04. The predicted molar refractivity (Wildman–Crippen MR) is 81.6 cm³/mol. The molecule has 2 amide bonds. The number of hydroxylamine groups is 1. The summed E-state index contributed by atoms with van der Waals surface area (Å²) in [5.74, 6) is -0.253. The molecule has 118 valence electrons. The number of likely N-dealkylation sites (tertiary alicyclic amines) is 1. The van der Waals surface area contributed by atoms with E-state index in [-0.39, 0.29) is 17.4 Å². The van der Waals surface area contributed by atoms with E-state index in [2.05, 4.69) is 13.8 Å². The van der Waals surface area contributed by atoms with E-state index < -0.39 is 5.91 Å². The molecule has 1 spiro atoms. The lowest BCUT2D eigenvalue weighted by Gasteiger charge is -2.35. The summed E-state index contributed by atoms with van der Waals surface area (Å²) in [7, 11) is 0. The van der Waals surface area contributed by atoms with Crippen molar-refractivity contribution in [2.24, 2.45) is 5.41 Å². The Kier molecular flexibility index (Phi) is 3.68. The SMILES string of the molecule is CC(C)N1C[C@@]2(CCc3ccc(C(=O)NO)cc3C2)CC1=O. The van der Waals surface area contributed by atoms with Crippen LogP contribution in [0.1, 0.15) is 48.2 Å². The van der Waals surface area contributed by atoms with Crippen molar-refractivity contribution in [1.82, 2.24) is 10.4 Å². The van der Waals surface area contributed by atoms with Gasteiger partial charge >= 0.3 is 0 Å². The number of carbonyl (C=O) groups is 2. The average molecular weight is 302 g/mol. The van der Waals surface area contributed by atoms with Gasteiger partial charge in [0.05, 0.1) is 0 Å². The number of hydrogen-bond donors (Lipinski definition) is 2. The zero-order valence-corrected chi connectivity index (χ0v) is 13.1. The highest BCUT2D eigenvalue weighted by Gasteiger charge is 2.45. The minimum Gasteiger partial charge on any atom is -0.340 e. The molecule has 2 N–H and O–H groups in total. The van der Waals surface area contributed by atoms with E-state index in [9.17, 15) is 9.59 Å². The topological polar surface area (TPSA) is 69.6 Å². The van der Waals surface area contributed by atoms with Gasteiger partial charge in [-0.25, -0.2) is 5.48 Å². The smallest absolute Gasteiger partial charge is 0.274 e. The Balaban J connectivity index is 1.87. The number of benzene rings is 1. The molecule has 0 unspecified atom stereocenters. The van der Waals surface area contributed by atoms with Crippen LogP contribution in [0.4, 0.5) is 0 Å². The van der Waals surface area contributed by atoms with Gasteiger partial charge in [0, 0.05) is 30.0 Å². The van der Waals surface area contributed by atoms with Crippen molar-refractivity contribution < 1.29 is 14.8 Å². The Morgan fingerprint density at radius 1 is 1.32 bits per heavy atom. The largest absolute Gasteiger partial charge is 0.340 e. The molecule has 0 radical (unpaired) electrons. The van der Waals surface area contributed by atoms with E-state index >= 15 is 0 Å². The molecular weight excluding hydrogens is 280 g/mol. The van der Waals surface area contributed by atoms with E-state index in [0.717, 1.165) is 31.4 Å². The monoisotopic (exact) mass is 302 g/mol. The van der Waals surface area contributed by atoms with Crippen LogP contribution in [0, 0.1) is 5.41 Å². The van der Waals surface area contributed by atoms with Gasteiger partial charge in [-0.3, -0.25) is 14.8 Å². The van der Waals surface area contributed by atoms with E-state index in [4.69, 9.17) is 5.21 Å². The third-order valence-electron chi connectivity index (χ3n) is 5.04. The standard InChI is InChI=1S/C17H22N2O3/c1-11(2)19-10-17(9-15(19)20)6-5-12-3-4-13(16(21)18-22)7-14(12)8-17/h3-4,7,11,22H,5-6,8-10H2,1-2H3,(H,18,21)/t17-/m1/s1. The first kappa shape index (κ1) is 15.0. The quantitative estimate of drug-likeness (QED) is 0.648. The summed E-state index contributed by atoms with van der Waals surface area (Å²) >= 11 is 0. The summed E-state index contributed by atoms with van der Waals surface area (Å²) < 4.78 is 0. The number of nitrogens with one attached hydrogen (secondary N) is 1. The van der Waals surface area contributed by atoms with Gasteiger partial charge in [0.15, 0.2) is 0 Å². The van der Waals surface area contributed by atoms with E-state index in [1.165, 1.54) is 5.56 Å². The number of aryl methyl sites for hydroxylation is 1. The maximum Gasteiger partial charge on any atom is 0.274 e. The number of carbonyl (C=O) groups excluding carboxylic acids is 2. The van der Waals surface area contributed by atoms with E-state index in [1.807, 2.05) is 17.0 Å². The summed E-state index contributed by atoms with van der Waals surface area (Å²) in [5, 5.41) is 8.78. The number of nitrogens with zero attached hydrogens (tertiary/aromatic N) is 1. The average Bonchev–Trinajstić information content (AvgIpc) is 2.82. The first-order valence-electron chi connectivity index (χ1n) is 7.80. The molecule has 5 nitrogen and oxygen atoms in total. The fraction of sp³-hybridized carbons (Fsp3) is 0.529. The zero-order chi connectivity index (χ0) is 15.9. The lowest BCUT2D eigenvalue weighted by Crippen LogP contribution is -2.36. The van der Waals surface area contributed by atoms with Gasteiger partial charge in [-0.05, 0) is 56.4 Å². The Morgan fingerprint density at radius 3 is 2.73 bits per heavy atom. The summed E-state index contributed by atoms with van der Waals surface area (Å²) in [6, 6.07) is 5.79. The van der Waals surface area contributed by atoms with E-state index in [1.54, 1.807) is 11.5 Å². The Bertz CT molecular complexity index is 626. The van der Waals surface area contributed by atoms with Crippen molar-refractivity contribution in [3.63, 3.8) is 0 Å². The molecule has 1 aliphatic heterocycles. The summed E-state index contributed by atoms with van der Waals surface area (Å²) in [6.45, 7) is 4.91. The van der Waals surface area contributed by atoms with Gasteiger partial charge in [-0.15, -0.1) is 0 Å². The van der Waals surface area contributed by atoms with Gasteiger partial charge in [0.1, 0.15) is 0 Å². The minimum absolute atomic E-state index is 0.00265. The second kappa shape index (κ2) is 5.39. The molecule has 0 aromatic heterocycles. The molecule has 3 rings (SSSR count). The van der Waals surface area contributed by atoms with Crippen molar-refractivity contribution >= 4 is 11.8 Å². The molecule has 2 aliphatic rings. The van der Waals surface area contributed by atoms with Crippen LogP contribution >= 0.6 is 0 Å². The Labute approximate surface area is 130 Å². The van der Waals surface area contributed by atoms with Gasteiger partial charge in [-0.2, -0.15) is 0 Å². The number of amides is 2. The molecule has 0 saturated carbocycles. The molecule has 1 atom stereocenters. The van der Waals surface area contributed by atoms with Gasteiger partial charge in [0.25, 0.3) is 5.91 Å². The highest BCUT2D eigenvalue weighted by atomic mass is 16.5. The van der Waals surface area contributed by atoms with Crippen LogP contribution < -0.4 is 5.48 Å². The normalized spacial score (nSPS) is 24.0. The number of fused-ring (bicyclic) bond motifs is 1. The van der Waals surface area contributed by atoms with Crippen molar-refractivity contribution in [2.45, 2.75) is 45.6 Å². The molecule has 5 heteroatoms. The van der Waals surface area contributed by atoms with Crippen molar-refractivity contribution in [2.75, 3.05) is 6.54 Å². The molecule has 0 bridgehead atoms. The molecule has 1 saturated heterocycles. The van der Waals surface area contributed by atoms with Crippen LogP contribution in [0.25, 0.3) is 0 Å². The summed E-state index contributed by atoms with van der Waals surface area (Å²) in [6.07, 6.45) is 3.38. The predicted octanol–water partition coefficient (Wildman–Crippen LogP) is 1.92. The highest BCUT2D eigenvalue weighted by molar-refractivity contribution is 5.93. The second-order valence-electron chi connectivity index (χ2n) is 6.89. The van der Waals surface area contributed by atoms with Crippen LogP contribution in [0.3, 0.4) is 0 Å². The number of hydrogen-bond acceptors (Lipinski definition) is 3. The van der Waals surface area contributed by atoms with Gasteiger partial charge in [0.2, 0.25) is 5.91 Å². The molecular formula is C17H22N2O3. The second-order valence-corrected chi connectivity index (χ2v) is 6.89. The van der Waals surface area contributed by atoms with Crippen molar-refractivity contribution in [3.8, 4) is 0 Å². The fourth-order valence-electron chi connectivity index (χ4n) is 3.82. The summed E-state index contributed by atoms with van der Waals surface area (Å²) in [5.41, 5.74) is 4.52. The third kappa shape index (κ3) is 2.50. The molecule has 1 heterocycles. The fourth-order valence-corrected chi connectivity index (χ4v) is 3.82. The van der Waals surface area contributed by atoms with Crippen LogP contribution in [0.15, 0.2) is 18.2 Å². The number of rotatable bonds is 2.